The summed E-state index contributed by atoms with van der Waals surface area (Å²) in [6.07, 6.45) is 0. The molecule has 0 atom stereocenters. The van der Waals surface area contributed by atoms with Gasteiger partial charge in [-0.1, -0.05) is 0 Å². The van der Waals surface area contributed by atoms with E-state index in [2.05, 4.69) is 5.10 Å². The van der Waals surface area contributed by atoms with Crippen molar-refractivity contribution in [2.24, 2.45) is 7.05 Å². The first kappa shape index (κ1) is 17.2. The molecule has 1 amide bonds. The Hall–Kier alpha value is -2.61. The number of hydrogen-bond acceptors (Lipinski definition) is 6. The van der Waals surface area contributed by atoms with Crippen LogP contribution in [0.1, 0.15) is 26.9 Å². The van der Waals surface area contributed by atoms with Crippen LogP contribution in [0.15, 0.2) is 22.6 Å². The molecule has 25 heavy (non-hydrogen) atoms. The largest absolute Gasteiger partial charge is 0.464 e. The second-order valence-corrected chi connectivity index (χ2v) is 6.91. The Labute approximate surface area is 148 Å². The molecule has 0 saturated heterocycles. The summed E-state index contributed by atoms with van der Waals surface area (Å²) in [5, 5.41) is 5.22. The van der Waals surface area contributed by atoms with Gasteiger partial charge in [0.2, 0.25) is 0 Å². The highest BCUT2D eigenvalue weighted by Gasteiger charge is 2.18. The van der Waals surface area contributed by atoms with E-state index in [-0.39, 0.29) is 12.5 Å². The average Bonchev–Trinajstić information content (AvgIpc) is 3.23. The van der Waals surface area contributed by atoms with Gasteiger partial charge in [-0.2, -0.15) is 5.10 Å². The number of thiophene rings is 1. The molecule has 7 nitrogen and oxygen atoms in total. The third-order valence-corrected chi connectivity index (χ3v) is 5.02. The molecule has 132 valence electrons. The van der Waals surface area contributed by atoms with E-state index in [9.17, 15) is 9.59 Å². The molecule has 0 aliphatic rings. The van der Waals surface area contributed by atoms with Crippen LogP contribution in [0.4, 0.5) is 0 Å². The normalized spacial score (nSPS) is 11.0. The predicted octanol–water partition coefficient (Wildman–Crippen LogP) is 2.66. The predicted molar refractivity (Wildman–Crippen MR) is 93.5 cm³/mol. The maximum absolute atomic E-state index is 12.2. The molecule has 3 rings (SSSR count). The number of hydrogen-bond donors (Lipinski definition) is 0. The van der Waals surface area contributed by atoms with Crippen LogP contribution in [-0.4, -0.2) is 40.2 Å². The van der Waals surface area contributed by atoms with Crippen LogP contribution < -0.4 is 0 Å². The zero-order chi connectivity index (χ0) is 18.1. The number of furan rings is 1. The fourth-order valence-electron chi connectivity index (χ4n) is 2.51. The molecule has 8 heteroatoms. The zero-order valence-corrected chi connectivity index (χ0v) is 15.3. The molecule has 0 unspecified atom stereocenters. The maximum Gasteiger partial charge on any atom is 0.348 e. The molecule has 3 aromatic heterocycles. The summed E-state index contributed by atoms with van der Waals surface area (Å²) >= 11 is 1.30. The van der Waals surface area contributed by atoms with Crippen LogP contribution in [-0.2, 0) is 23.1 Å². The minimum absolute atomic E-state index is 0.290. The lowest BCUT2D eigenvalue weighted by atomic mass is 10.3. The first-order chi connectivity index (χ1) is 11.8. The van der Waals surface area contributed by atoms with Gasteiger partial charge in [-0.25, -0.2) is 4.79 Å². The van der Waals surface area contributed by atoms with Crippen LogP contribution >= 0.6 is 11.3 Å². The first-order valence-electron chi connectivity index (χ1n) is 7.74. The van der Waals surface area contributed by atoms with Crippen molar-refractivity contribution in [3.05, 3.63) is 40.3 Å². The molecule has 0 aromatic carbocycles. The molecule has 0 aliphatic heterocycles. The van der Waals surface area contributed by atoms with Crippen LogP contribution in [0, 0.1) is 13.8 Å². The quantitative estimate of drug-likeness (QED) is 0.653. The lowest BCUT2D eigenvalue weighted by molar-refractivity contribution is -0.133. The molecule has 0 fully saturated rings. The Morgan fingerprint density at radius 1 is 1.36 bits per heavy atom. The highest BCUT2D eigenvalue weighted by molar-refractivity contribution is 7.20. The van der Waals surface area contributed by atoms with E-state index < -0.39 is 5.97 Å². The molecule has 3 aromatic rings. The number of aryl methyl sites for hydroxylation is 3. The SMILES string of the molecule is Cc1ccc(CN(C)C(=O)COC(=O)c2cc3c(C)nn(C)c3s2)o1. The zero-order valence-electron chi connectivity index (χ0n) is 14.5. The average molecular weight is 361 g/mol. The van der Waals surface area contributed by atoms with Crippen LogP contribution in [0.3, 0.4) is 0 Å². The van der Waals surface area contributed by atoms with Crippen LogP contribution in [0.2, 0.25) is 0 Å². The van der Waals surface area contributed by atoms with E-state index in [0.717, 1.165) is 21.7 Å². The van der Waals surface area contributed by atoms with Gasteiger partial charge in [0.25, 0.3) is 5.91 Å². The second-order valence-electron chi connectivity index (χ2n) is 5.88. The Kier molecular flexibility index (Phi) is 4.63. The number of carbonyl (C=O) groups excluding carboxylic acids is 2. The summed E-state index contributed by atoms with van der Waals surface area (Å²) in [6, 6.07) is 5.41. The van der Waals surface area contributed by atoms with Crippen molar-refractivity contribution in [2.75, 3.05) is 13.7 Å². The van der Waals surface area contributed by atoms with Gasteiger partial charge in [0, 0.05) is 19.5 Å². The summed E-state index contributed by atoms with van der Waals surface area (Å²) in [4.78, 5) is 27.1. The molecule has 0 spiro atoms. The number of nitrogens with zero attached hydrogens (tertiary/aromatic N) is 3. The van der Waals surface area contributed by atoms with Crippen molar-refractivity contribution in [3.63, 3.8) is 0 Å². The Balaban J connectivity index is 1.58. The van der Waals surface area contributed by atoms with Gasteiger partial charge in [-0.3, -0.25) is 9.48 Å². The summed E-state index contributed by atoms with van der Waals surface area (Å²) in [7, 11) is 3.47. The fraction of sp³-hybridized carbons (Fsp3) is 0.353. The number of ether oxygens (including phenoxy) is 1. The van der Waals surface area contributed by atoms with Gasteiger partial charge in [0.1, 0.15) is 21.2 Å². The van der Waals surface area contributed by atoms with Crippen molar-refractivity contribution in [1.29, 1.82) is 0 Å². The third kappa shape index (κ3) is 3.58. The van der Waals surface area contributed by atoms with E-state index in [1.54, 1.807) is 17.8 Å². The summed E-state index contributed by atoms with van der Waals surface area (Å²) in [5.41, 5.74) is 0.859. The van der Waals surface area contributed by atoms with Crippen molar-refractivity contribution in [1.82, 2.24) is 14.7 Å². The summed E-state index contributed by atoms with van der Waals surface area (Å²) in [5.74, 6) is 0.682. The number of aromatic nitrogens is 2. The number of esters is 1. The van der Waals surface area contributed by atoms with E-state index in [4.69, 9.17) is 9.15 Å². The van der Waals surface area contributed by atoms with Gasteiger partial charge < -0.3 is 14.1 Å². The minimum atomic E-state index is -0.504. The van der Waals surface area contributed by atoms with Crippen molar-refractivity contribution in [3.8, 4) is 0 Å². The number of carbonyl (C=O) groups is 2. The number of likely N-dealkylation sites (N-methyl/N-ethyl adjacent to an activating group) is 1. The summed E-state index contributed by atoms with van der Waals surface area (Å²) in [6.45, 7) is 3.76. The van der Waals surface area contributed by atoms with E-state index in [1.165, 1.54) is 16.2 Å². The first-order valence-corrected chi connectivity index (χ1v) is 8.56. The molecule has 3 heterocycles. The number of fused-ring (bicyclic) bond motifs is 1. The monoisotopic (exact) mass is 361 g/mol. The Bertz CT molecular complexity index is 903. The Morgan fingerprint density at radius 3 is 2.76 bits per heavy atom. The van der Waals surface area contributed by atoms with Gasteiger partial charge in [0.15, 0.2) is 6.61 Å². The van der Waals surface area contributed by atoms with Gasteiger partial charge in [-0.05, 0) is 32.0 Å². The molecule has 0 saturated carbocycles. The minimum Gasteiger partial charge on any atom is -0.464 e. The van der Waals surface area contributed by atoms with Gasteiger partial charge in [0.05, 0.1) is 12.2 Å². The van der Waals surface area contributed by atoms with E-state index in [0.29, 0.717) is 17.2 Å². The molecular weight excluding hydrogens is 342 g/mol. The molecule has 0 N–H and O–H groups in total. The highest BCUT2D eigenvalue weighted by atomic mass is 32.1. The van der Waals surface area contributed by atoms with Crippen molar-refractivity contribution >= 4 is 33.4 Å². The van der Waals surface area contributed by atoms with Gasteiger partial charge in [-0.15, -0.1) is 11.3 Å². The van der Waals surface area contributed by atoms with Crippen molar-refractivity contribution < 1.29 is 18.7 Å². The molecule has 0 bridgehead atoms. The lowest BCUT2D eigenvalue weighted by Crippen LogP contribution is -2.30. The van der Waals surface area contributed by atoms with Crippen LogP contribution in [0.5, 0.6) is 0 Å². The second kappa shape index (κ2) is 6.72. The summed E-state index contributed by atoms with van der Waals surface area (Å²) < 4.78 is 12.3. The number of rotatable bonds is 5. The number of amides is 1. The Morgan fingerprint density at radius 2 is 2.12 bits per heavy atom. The smallest absolute Gasteiger partial charge is 0.348 e. The van der Waals surface area contributed by atoms with Crippen LogP contribution in [0.25, 0.3) is 10.2 Å². The lowest BCUT2D eigenvalue weighted by Gasteiger charge is -2.15. The van der Waals surface area contributed by atoms with E-state index >= 15 is 0 Å². The maximum atomic E-state index is 12.2. The molecule has 0 radical (unpaired) electrons. The highest BCUT2D eigenvalue weighted by Crippen LogP contribution is 2.28. The molecule has 0 aliphatic carbocycles. The third-order valence-electron chi connectivity index (χ3n) is 3.84. The van der Waals surface area contributed by atoms with Crippen molar-refractivity contribution in [2.45, 2.75) is 20.4 Å². The van der Waals surface area contributed by atoms with Gasteiger partial charge >= 0.3 is 5.97 Å². The molecular formula is C17H19N3O4S. The fourth-order valence-corrected chi connectivity index (χ4v) is 3.52. The van der Waals surface area contributed by atoms with E-state index in [1.807, 2.05) is 33.0 Å². The standard InChI is InChI=1S/C17H19N3O4S/c1-10-5-6-12(24-10)8-19(3)15(21)9-23-17(22)14-7-13-11(2)18-20(4)16(13)25-14/h5-7H,8-9H2,1-4H3. The topological polar surface area (TPSA) is 77.6 Å².